The van der Waals surface area contributed by atoms with Crippen molar-refractivity contribution >= 4 is 0 Å². The molecule has 0 saturated carbocycles. The summed E-state index contributed by atoms with van der Waals surface area (Å²) in [6.45, 7) is 6.95. The lowest BCUT2D eigenvalue weighted by molar-refractivity contribution is 0.190. The summed E-state index contributed by atoms with van der Waals surface area (Å²) in [6.07, 6.45) is 3.76. The second-order valence-corrected chi connectivity index (χ2v) is 7.38. The first kappa shape index (κ1) is 16.4. The van der Waals surface area contributed by atoms with E-state index in [-0.39, 0.29) is 0 Å². The maximum atomic E-state index is 2.67. The highest BCUT2D eigenvalue weighted by molar-refractivity contribution is 5.26. The van der Waals surface area contributed by atoms with Gasteiger partial charge < -0.3 is 4.90 Å². The van der Waals surface area contributed by atoms with Crippen LogP contribution in [0, 0.1) is 0 Å². The molecule has 0 N–H and O–H groups in total. The number of hydrogen-bond acceptors (Lipinski definition) is 2. The molecule has 1 atom stereocenters. The van der Waals surface area contributed by atoms with Gasteiger partial charge >= 0.3 is 0 Å². The molecule has 2 aromatic carbocycles. The van der Waals surface area contributed by atoms with Crippen molar-refractivity contribution in [2.75, 3.05) is 19.6 Å². The monoisotopic (exact) mass is 332 g/mol. The second kappa shape index (κ2) is 7.45. The van der Waals surface area contributed by atoms with Gasteiger partial charge in [0.2, 0.25) is 0 Å². The first-order chi connectivity index (χ1) is 12.3. The molecule has 2 aliphatic rings. The van der Waals surface area contributed by atoms with Crippen molar-refractivity contribution in [3.8, 4) is 0 Å². The van der Waals surface area contributed by atoms with Gasteiger partial charge in [0.15, 0.2) is 0 Å². The van der Waals surface area contributed by atoms with E-state index in [2.05, 4.69) is 77.4 Å². The Labute approximate surface area is 151 Å². The summed E-state index contributed by atoms with van der Waals surface area (Å²) < 4.78 is 0. The van der Waals surface area contributed by atoms with Crippen LogP contribution in [0.3, 0.4) is 0 Å². The lowest BCUT2D eigenvalue weighted by atomic mass is 9.93. The fourth-order valence-electron chi connectivity index (χ4n) is 4.36. The summed E-state index contributed by atoms with van der Waals surface area (Å²) in [4.78, 5) is 5.29. The predicted octanol–water partition coefficient (Wildman–Crippen LogP) is 5.00. The minimum absolute atomic E-state index is 0.479. The molecule has 0 saturated heterocycles. The molecule has 2 aliphatic heterocycles. The third-order valence-electron chi connectivity index (χ3n) is 5.71. The van der Waals surface area contributed by atoms with Crippen LogP contribution in [0.4, 0.5) is 0 Å². The maximum Gasteiger partial charge on any atom is 0.0511 e. The fourth-order valence-corrected chi connectivity index (χ4v) is 4.36. The van der Waals surface area contributed by atoms with E-state index < -0.39 is 0 Å². The van der Waals surface area contributed by atoms with Crippen LogP contribution in [0.15, 0.2) is 71.9 Å². The zero-order chi connectivity index (χ0) is 17.1. The molecule has 0 amide bonds. The van der Waals surface area contributed by atoms with Crippen molar-refractivity contribution in [1.29, 1.82) is 0 Å². The third-order valence-corrected chi connectivity index (χ3v) is 5.71. The normalized spacial score (nSPS) is 19.6. The van der Waals surface area contributed by atoms with Crippen LogP contribution in [0.2, 0.25) is 0 Å². The molecule has 130 valence electrons. The van der Waals surface area contributed by atoms with E-state index in [1.807, 2.05) is 0 Å². The van der Waals surface area contributed by atoms with E-state index in [9.17, 15) is 0 Å². The van der Waals surface area contributed by atoms with Gasteiger partial charge in [-0.25, -0.2) is 0 Å². The number of rotatable bonds is 4. The zero-order valence-corrected chi connectivity index (χ0v) is 15.2. The van der Waals surface area contributed by atoms with E-state index in [0.717, 1.165) is 13.1 Å². The van der Waals surface area contributed by atoms with Gasteiger partial charge in [-0.3, -0.25) is 4.90 Å². The molecule has 2 heterocycles. The zero-order valence-electron chi connectivity index (χ0n) is 15.2. The quantitative estimate of drug-likeness (QED) is 0.777. The fraction of sp³-hybridized carbons (Fsp3) is 0.391. The molecule has 2 nitrogen and oxygen atoms in total. The molecular weight excluding hydrogens is 304 g/mol. The molecule has 0 fully saturated rings. The molecule has 0 aliphatic carbocycles. The lowest BCUT2D eigenvalue weighted by Gasteiger charge is -2.43. The van der Waals surface area contributed by atoms with Crippen molar-refractivity contribution in [1.82, 2.24) is 9.80 Å². The Bertz CT molecular complexity index is 720. The number of nitrogens with zero attached hydrogens (tertiary/aromatic N) is 2. The maximum absolute atomic E-state index is 2.67. The van der Waals surface area contributed by atoms with Crippen molar-refractivity contribution in [2.45, 2.75) is 38.8 Å². The Kier molecular flexibility index (Phi) is 4.89. The van der Waals surface area contributed by atoms with Gasteiger partial charge in [-0.1, -0.05) is 60.7 Å². The van der Waals surface area contributed by atoms with Crippen LogP contribution in [0.1, 0.15) is 43.4 Å². The SMILES string of the molecule is C[C@@H](c1ccccc1)N1CCCC2=C1CCN(Cc1ccccc1)C2. The highest BCUT2D eigenvalue weighted by Gasteiger charge is 2.28. The average Bonchev–Trinajstić information content (AvgIpc) is 2.68. The number of hydrogen-bond donors (Lipinski definition) is 0. The van der Waals surface area contributed by atoms with Crippen LogP contribution < -0.4 is 0 Å². The van der Waals surface area contributed by atoms with Crippen LogP contribution >= 0.6 is 0 Å². The van der Waals surface area contributed by atoms with Gasteiger partial charge in [-0.05, 0) is 36.5 Å². The van der Waals surface area contributed by atoms with Crippen molar-refractivity contribution in [3.05, 3.63) is 83.1 Å². The van der Waals surface area contributed by atoms with E-state index in [4.69, 9.17) is 0 Å². The van der Waals surface area contributed by atoms with Gasteiger partial charge in [-0.2, -0.15) is 0 Å². The second-order valence-electron chi connectivity index (χ2n) is 7.38. The van der Waals surface area contributed by atoms with Gasteiger partial charge in [0.25, 0.3) is 0 Å². The molecule has 0 unspecified atom stereocenters. The van der Waals surface area contributed by atoms with Crippen LogP contribution in [-0.4, -0.2) is 29.4 Å². The van der Waals surface area contributed by atoms with Gasteiger partial charge in [-0.15, -0.1) is 0 Å². The largest absolute Gasteiger partial charge is 0.368 e. The predicted molar refractivity (Wildman–Crippen MR) is 104 cm³/mol. The first-order valence-corrected chi connectivity index (χ1v) is 9.60. The molecule has 25 heavy (non-hydrogen) atoms. The van der Waals surface area contributed by atoms with E-state index in [1.54, 1.807) is 11.3 Å². The Hall–Kier alpha value is -2.06. The Balaban J connectivity index is 1.49. The summed E-state index contributed by atoms with van der Waals surface area (Å²) in [5.74, 6) is 0. The van der Waals surface area contributed by atoms with Crippen molar-refractivity contribution in [3.63, 3.8) is 0 Å². The van der Waals surface area contributed by atoms with E-state index in [1.165, 1.54) is 43.5 Å². The average molecular weight is 332 g/mol. The molecular formula is C23H28N2. The minimum Gasteiger partial charge on any atom is -0.368 e. The standard InChI is InChI=1S/C23H28N2/c1-19(21-11-6-3-7-12-21)25-15-8-13-22-18-24(16-14-23(22)25)17-20-9-4-2-5-10-20/h2-7,9-12,19H,8,13-18H2,1H3/t19-/m0/s1. The Morgan fingerprint density at radius 1 is 0.880 bits per heavy atom. The molecule has 2 aromatic rings. The van der Waals surface area contributed by atoms with Crippen LogP contribution in [-0.2, 0) is 6.54 Å². The Morgan fingerprint density at radius 2 is 1.60 bits per heavy atom. The summed E-state index contributed by atoms with van der Waals surface area (Å²) >= 11 is 0. The molecule has 4 rings (SSSR count). The van der Waals surface area contributed by atoms with Crippen LogP contribution in [0.25, 0.3) is 0 Å². The molecule has 2 heteroatoms. The smallest absolute Gasteiger partial charge is 0.0511 e. The summed E-state index contributed by atoms with van der Waals surface area (Å²) in [6, 6.07) is 22.3. The summed E-state index contributed by atoms with van der Waals surface area (Å²) in [5.41, 5.74) is 6.17. The highest BCUT2D eigenvalue weighted by Crippen LogP contribution is 2.35. The summed E-state index contributed by atoms with van der Waals surface area (Å²) in [7, 11) is 0. The van der Waals surface area contributed by atoms with Gasteiger partial charge in [0.05, 0.1) is 6.04 Å². The van der Waals surface area contributed by atoms with E-state index in [0.29, 0.717) is 6.04 Å². The highest BCUT2D eigenvalue weighted by atomic mass is 15.2. The minimum atomic E-state index is 0.479. The van der Waals surface area contributed by atoms with Gasteiger partial charge in [0, 0.05) is 38.3 Å². The van der Waals surface area contributed by atoms with E-state index >= 15 is 0 Å². The lowest BCUT2D eigenvalue weighted by Crippen LogP contribution is -2.40. The van der Waals surface area contributed by atoms with Gasteiger partial charge in [0.1, 0.15) is 0 Å². The molecule has 0 bridgehead atoms. The molecule has 0 spiro atoms. The Morgan fingerprint density at radius 3 is 2.36 bits per heavy atom. The number of benzene rings is 2. The van der Waals surface area contributed by atoms with Crippen molar-refractivity contribution < 1.29 is 0 Å². The third kappa shape index (κ3) is 3.64. The van der Waals surface area contributed by atoms with Crippen molar-refractivity contribution in [2.24, 2.45) is 0 Å². The molecule has 0 aromatic heterocycles. The topological polar surface area (TPSA) is 6.48 Å². The van der Waals surface area contributed by atoms with Crippen LogP contribution in [0.5, 0.6) is 0 Å². The first-order valence-electron chi connectivity index (χ1n) is 9.60. The summed E-state index contributed by atoms with van der Waals surface area (Å²) in [5, 5.41) is 0. The molecule has 0 radical (unpaired) electrons.